The number of nitrogens with zero attached hydrogens (tertiary/aromatic N) is 2. The molecule has 0 aliphatic carbocycles. The number of hydrogen-bond acceptors (Lipinski definition) is 3. The first-order valence-corrected chi connectivity index (χ1v) is 9.29. The standard InChI is InChI=1S/C23H21N3O2/c27-23(21-13-7-17-28-21)24-15-14-22-25-19-11-4-5-12-20(19)26(22)16-6-10-18-8-2-1-3-9-18/h1-13,17H,14-16H2,(H,24,27). The van der Waals surface area contributed by atoms with E-state index in [0.717, 1.165) is 23.4 Å². The molecule has 4 aromatic rings. The highest BCUT2D eigenvalue weighted by Crippen LogP contribution is 2.17. The molecule has 5 heteroatoms. The van der Waals surface area contributed by atoms with Crippen LogP contribution in [0.5, 0.6) is 0 Å². The maximum absolute atomic E-state index is 12.0. The van der Waals surface area contributed by atoms with E-state index in [1.165, 1.54) is 11.8 Å². The Balaban J connectivity index is 1.48. The Morgan fingerprint density at radius 2 is 1.86 bits per heavy atom. The van der Waals surface area contributed by atoms with Crippen molar-refractivity contribution >= 4 is 23.0 Å². The van der Waals surface area contributed by atoms with Crippen LogP contribution in [0.15, 0.2) is 83.5 Å². The number of fused-ring (bicyclic) bond motifs is 1. The predicted molar refractivity (Wildman–Crippen MR) is 110 cm³/mol. The number of hydrogen-bond donors (Lipinski definition) is 1. The van der Waals surface area contributed by atoms with Crippen LogP contribution in [-0.2, 0) is 13.0 Å². The fourth-order valence-electron chi connectivity index (χ4n) is 3.16. The molecule has 1 N–H and O–H groups in total. The van der Waals surface area contributed by atoms with Crippen molar-refractivity contribution in [1.82, 2.24) is 14.9 Å². The molecule has 28 heavy (non-hydrogen) atoms. The van der Waals surface area contributed by atoms with Crippen LogP contribution in [0.2, 0.25) is 0 Å². The quantitative estimate of drug-likeness (QED) is 0.526. The van der Waals surface area contributed by atoms with E-state index in [4.69, 9.17) is 9.40 Å². The van der Waals surface area contributed by atoms with Crippen molar-refractivity contribution < 1.29 is 9.21 Å². The fourth-order valence-corrected chi connectivity index (χ4v) is 3.16. The summed E-state index contributed by atoms with van der Waals surface area (Å²) in [7, 11) is 0. The number of para-hydroxylation sites is 2. The lowest BCUT2D eigenvalue weighted by atomic mass is 10.2. The monoisotopic (exact) mass is 371 g/mol. The van der Waals surface area contributed by atoms with Crippen molar-refractivity contribution in [2.75, 3.05) is 6.54 Å². The Hall–Kier alpha value is -3.60. The molecular formula is C23H21N3O2. The van der Waals surface area contributed by atoms with Gasteiger partial charge in [-0.05, 0) is 29.8 Å². The van der Waals surface area contributed by atoms with Crippen molar-refractivity contribution in [2.24, 2.45) is 0 Å². The van der Waals surface area contributed by atoms with Crippen LogP contribution in [0.4, 0.5) is 0 Å². The van der Waals surface area contributed by atoms with Crippen molar-refractivity contribution in [3.8, 4) is 0 Å². The highest BCUT2D eigenvalue weighted by atomic mass is 16.3. The summed E-state index contributed by atoms with van der Waals surface area (Å²) >= 11 is 0. The smallest absolute Gasteiger partial charge is 0.286 e. The average Bonchev–Trinajstić information content (AvgIpc) is 3.38. The number of aromatic nitrogens is 2. The number of imidazole rings is 1. The Bertz CT molecular complexity index is 1080. The van der Waals surface area contributed by atoms with E-state index < -0.39 is 0 Å². The lowest BCUT2D eigenvalue weighted by Crippen LogP contribution is -2.26. The topological polar surface area (TPSA) is 60.1 Å². The van der Waals surface area contributed by atoms with Gasteiger partial charge < -0.3 is 14.3 Å². The first-order valence-electron chi connectivity index (χ1n) is 9.29. The lowest BCUT2D eigenvalue weighted by Gasteiger charge is -2.07. The zero-order valence-corrected chi connectivity index (χ0v) is 15.4. The highest BCUT2D eigenvalue weighted by molar-refractivity contribution is 5.91. The second kappa shape index (κ2) is 8.39. The predicted octanol–water partition coefficient (Wildman–Crippen LogP) is 4.32. The molecule has 0 saturated heterocycles. The zero-order chi connectivity index (χ0) is 19.2. The van der Waals surface area contributed by atoms with Crippen molar-refractivity contribution in [2.45, 2.75) is 13.0 Å². The number of benzene rings is 2. The maximum Gasteiger partial charge on any atom is 0.286 e. The van der Waals surface area contributed by atoms with Gasteiger partial charge in [0.2, 0.25) is 0 Å². The third kappa shape index (κ3) is 4.04. The van der Waals surface area contributed by atoms with Gasteiger partial charge >= 0.3 is 0 Å². The van der Waals surface area contributed by atoms with Crippen LogP contribution in [0.25, 0.3) is 17.1 Å². The van der Waals surface area contributed by atoms with Gasteiger partial charge in [-0.25, -0.2) is 4.98 Å². The van der Waals surface area contributed by atoms with E-state index in [2.05, 4.69) is 40.2 Å². The summed E-state index contributed by atoms with van der Waals surface area (Å²) in [4.78, 5) is 16.8. The largest absolute Gasteiger partial charge is 0.459 e. The van der Waals surface area contributed by atoms with Gasteiger partial charge in [-0.15, -0.1) is 0 Å². The van der Waals surface area contributed by atoms with Crippen LogP contribution in [0.1, 0.15) is 21.9 Å². The lowest BCUT2D eigenvalue weighted by molar-refractivity contribution is 0.0926. The second-order valence-electron chi connectivity index (χ2n) is 6.42. The van der Waals surface area contributed by atoms with E-state index in [9.17, 15) is 4.79 Å². The molecule has 0 bridgehead atoms. The summed E-state index contributed by atoms with van der Waals surface area (Å²) in [6, 6.07) is 21.7. The molecule has 0 fully saturated rings. The van der Waals surface area contributed by atoms with Gasteiger partial charge in [0.05, 0.1) is 17.3 Å². The molecule has 0 saturated carbocycles. The van der Waals surface area contributed by atoms with E-state index in [1.54, 1.807) is 12.1 Å². The minimum absolute atomic E-state index is 0.211. The van der Waals surface area contributed by atoms with Gasteiger partial charge in [0, 0.05) is 19.5 Å². The summed E-state index contributed by atoms with van der Waals surface area (Å²) < 4.78 is 7.31. The Morgan fingerprint density at radius 1 is 1.04 bits per heavy atom. The van der Waals surface area contributed by atoms with Crippen molar-refractivity contribution in [3.63, 3.8) is 0 Å². The van der Waals surface area contributed by atoms with Gasteiger partial charge in [-0.3, -0.25) is 4.79 Å². The van der Waals surface area contributed by atoms with Gasteiger partial charge in [-0.2, -0.15) is 0 Å². The summed E-state index contributed by atoms with van der Waals surface area (Å²) in [6.45, 7) is 1.21. The second-order valence-corrected chi connectivity index (χ2v) is 6.42. The molecule has 0 aliphatic rings. The zero-order valence-electron chi connectivity index (χ0n) is 15.4. The summed E-state index contributed by atoms with van der Waals surface area (Å²) in [6.07, 6.45) is 6.37. The molecule has 140 valence electrons. The maximum atomic E-state index is 12.0. The summed E-state index contributed by atoms with van der Waals surface area (Å²) in [5.74, 6) is 1.05. The normalized spacial score (nSPS) is 11.3. The molecule has 2 aromatic heterocycles. The molecule has 0 spiro atoms. The number of nitrogens with one attached hydrogen (secondary N) is 1. The number of carbonyl (C=O) groups is 1. The molecule has 0 unspecified atom stereocenters. The SMILES string of the molecule is O=C(NCCc1nc2ccccc2n1CC=Cc1ccccc1)c1ccco1. The Kier molecular flexibility index (Phi) is 5.33. The number of carbonyl (C=O) groups excluding carboxylic acids is 1. The molecule has 0 aliphatic heterocycles. The third-order valence-corrected chi connectivity index (χ3v) is 4.51. The van der Waals surface area contributed by atoms with E-state index in [0.29, 0.717) is 18.7 Å². The molecule has 1 amide bonds. The first-order chi connectivity index (χ1) is 13.8. The van der Waals surface area contributed by atoms with Crippen LogP contribution < -0.4 is 5.32 Å². The van der Waals surface area contributed by atoms with E-state index in [-0.39, 0.29) is 5.91 Å². The number of amides is 1. The molecule has 5 nitrogen and oxygen atoms in total. The Morgan fingerprint density at radius 3 is 2.68 bits per heavy atom. The molecule has 2 aromatic carbocycles. The number of rotatable bonds is 7. The molecule has 0 atom stereocenters. The minimum Gasteiger partial charge on any atom is -0.459 e. The fraction of sp³-hybridized carbons (Fsp3) is 0.130. The van der Waals surface area contributed by atoms with Gasteiger partial charge in [0.25, 0.3) is 5.91 Å². The van der Waals surface area contributed by atoms with E-state index >= 15 is 0 Å². The minimum atomic E-state index is -0.211. The highest BCUT2D eigenvalue weighted by Gasteiger charge is 2.11. The van der Waals surface area contributed by atoms with Gasteiger partial charge in [-0.1, -0.05) is 54.6 Å². The van der Waals surface area contributed by atoms with Crippen LogP contribution in [0.3, 0.4) is 0 Å². The average molecular weight is 371 g/mol. The van der Waals surface area contributed by atoms with Crippen molar-refractivity contribution in [3.05, 3.63) is 96.2 Å². The number of furan rings is 1. The molecule has 4 rings (SSSR count). The summed E-state index contributed by atoms with van der Waals surface area (Å²) in [5, 5.41) is 2.88. The molecule has 2 heterocycles. The first kappa shape index (κ1) is 17.8. The third-order valence-electron chi connectivity index (χ3n) is 4.51. The summed E-state index contributed by atoms with van der Waals surface area (Å²) in [5.41, 5.74) is 3.22. The van der Waals surface area contributed by atoms with Crippen LogP contribution in [-0.4, -0.2) is 22.0 Å². The number of allylic oxidation sites excluding steroid dienone is 1. The Labute approximate surface area is 163 Å². The van der Waals surface area contributed by atoms with Gasteiger partial charge in [0.1, 0.15) is 5.82 Å². The van der Waals surface area contributed by atoms with Crippen LogP contribution >= 0.6 is 0 Å². The van der Waals surface area contributed by atoms with E-state index in [1.807, 2.05) is 36.4 Å². The molecule has 0 radical (unpaired) electrons. The van der Waals surface area contributed by atoms with Gasteiger partial charge in [0.15, 0.2) is 5.76 Å². The van der Waals surface area contributed by atoms with Crippen molar-refractivity contribution in [1.29, 1.82) is 0 Å². The van der Waals surface area contributed by atoms with Crippen LogP contribution in [0, 0.1) is 0 Å². The molecular weight excluding hydrogens is 350 g/mol.